The van der Waals surface area contributed by atoms with Crippen molar-refractivity contribution >= 4 is 29.4 Å². The summed E-state index contributed by atoms with van der Waals surface area (Å²) in [6.45, 7) is 4.62. The van der Waals surface area contributed by atoms with Gasteiger partial charge in [-0.15, -0.1) is 0 Å². The standard InChI is InChI=1S/C32H44N2O4/c1-3-5-7-23-11-16-30(17-12-23)38-32(36)25-14-9-24(10-15-25)13-18-31(35)37-22-26(8-6-4-2)27-19-28(33)21-29(34)20-27/h9-10,13-15,18-21,23,26,30H,3-8,11-12,16-17,22,33-34H2,1-2H3/b18-13+. The van der Waals surface area contributed by atoms with Gasteiger partial charge in [-0.25, -0.2) is 9.59 Å². The molecular formula is C32H44N2O4. The molecule has 0 spiro atoms. The molecule has 1 atom stereocenters. The van der Waals surface area contributed by atoms with E-state index in [1.54, 1.807) is 24.3 Å². The number of carbonyl (C=O) groups is 2. The van der Waals surface area contributed by atoms with Gasteiger partial charge in [0.1, 0.15) is 6.10 Å². The van der Waals surface area contributed by atoms with Gasteiger partial charge in [-0.2, -0.15) is 0 Å². The van der Waals surface area contributed by atoms with Gasteiger partial charge in [0.2, 0.25) is 0 Å². The van der Waals surface area contributed by atoms with Gasteiger partial charge in [0.05, 0.1) is 12.2 Å². The zero-order valence-corrected chi connectivity index (χ0v) is 23.0. The molecule has 1 unspecified atom stereocenters. The van der Waals surface area contributed by atoms with Gasteiger partial charge in [0.15, 0.2) is 0 Å². The van der Waals surface area contributed by atoms with Crippen molar-refractivity contribution in [1.29, 1.82) is 0 Å². The molecule has 206 valence electrons. The lowest BCUT2D eigenvalue weighted by molar-refractivity contribution is -0.138. The smallest absolute Gasteiger partial charge is 0.338 e. The Morgan fingerprint density at radius 3 is 2.24 bits per heavy atom. The maximum absolute atomic E-state index is 12.6. The molecule has 0 aliphatic heterocycles. The van der Waals surface area contributed by atoms with Gasteiger partial charge in [-0.3, -0.25) is 0 Å². The quantitative estimate of drug-likeness (QED) is 0.163. The molecule has 0 bridgehead atoms. The molecule has 0 aromatic heterocycles. The van der Waals surface area contributed by atoms with Crippen LogP contribution in [0.1, 0.15) is 105 Å². The first-order chi connectivity index (χ1) is 18.4. The molecule has 1 fully saturated rings. The maximum atomic E-state index is 12.6. The first-order valence-electron chi connectivity index (χ1n) is 14.2. The molecule has 0 amide bonds. The SMILES string of the molecule is CCCCC1CCC(OC(=O)c2ccc(/C=C/C(=O)OCC(CCCC)c3cc(N)cc(N)c3)cc2)CC1. The van der Waals surface area contributed by atoms with Crippen LogP contribution in [0.15, 0.2) is 48.5 Å². The predicted molar refractivity (Wildman–Crippen MR) is 155 cm³/mol. The summed E-state index contributed by atoms with van der Waals surface area (Å²) >= 11 is 0. The van der Waals surface area contributed by atoms with Crippen LogP contribution in [-0.2, 0) is 14.3 Å². The summed E-state index contributed by atoms with van der Waals surface area (Å²) in [6.07, 6.45) is 14.1. The normalized spacial score (nSPS) is 18.3. The van der Waals surface area contributed by atoms with Crippen molar-refractivity contribution in [1.82, 2.24) is 0 Å². The first-order valence-corrected chi connectivity index (χ1v) is 14.2. The van der Waals surface area contributed by atoms with Crippen LogP contribution in [0.2, 0.25) is 0 Å². The Hall–Kier alpha value is -3.28. The topological polar surface area (TPSA) is 105 Å². The van der Waals surface area contributed by atoms with E-state index in [1.165, 1.54) is 25.3 Å². The number of carbonyl (C=O) groups excluding carboxylic acids is 2. The minimum Gasteiger partial charge on any atom is -0.462 e. The molecule has 2 aromatic rings. The predicted octanol–water partition coefficient (Wildman–Crippen LogP) is 7.29. The Balaban J connectivity index is 1.47. The first kappa shape index (κ1) is 29.3. The lowest BCUT2D eigenvalue weighted by Crippen LogP contribution is -2.24. The number of nitrogen functional groups attached to an aromatic ring is 2. The van der Waals surface area contributed by atoms with Crippen molar-refractivity contribution in [3.05, 3.63) is 65.2 Å². The second kappa shape index (κ2) is 15.2. The highest BCUT2D eigenvalue weighted by atomic mass is 16.5. The Morgan fingerprint density at radius 2 is 1.61 bits per heavy atom. The van der Waals surface area contributed by atoms with Crippen molar-refractivity contribution in [3.8, 4) is 0 Å². The lowest BCUT2D eigenvalue weighted by atomic mass is 9.84. The van der Waals surface area contributed by atoms with Crippen LogP contribution in [0.3, 0.4) is 0 Å². The Kier molecular flexibility index (Phi) is 11.7. The average molecular weight is 521 g/mol. The number of unbranched alkanes of at least 4 members (excludes halogenated alkanes) is 2. The van der Waals surface area contributed by atoms with Gasteiger partial charge in [0.25, 0.3) is 0 Å². The van der Waals surface area contributed by atoms with Crippen LogP contribution in [0.5, 0.6) is 0 Å². The summed E-state index contributed by atoms with van der Waals surface area (Å²) in [5, 5.41) is 0. The van der Waals surface area contributed by atoms with E-state index in [0.717, 1.165) is 62.0 Å². The Labute approximate surface area is 227 Å². The number of rotatable bonds is 13. The fraction of sp³-hybridized carbons (Fsp3) is 0.500. The highest BCUT2D eigenvalue weighted by Gasteiger charge is 2.24. The van der Waals surface area contributed by atoms with Gasteiger partial charge >= 0.3 is 11.9 Å². The third kappa shape index (κ3) is 9.55. The molecule has 6 heteroatoms. The number of benzene rings is 2. The molecule has 0 saturated heterocycles. The zero-order valence-electron chi connectivity index (χ0n) is 23.0. The molecule has 1 saturated carbocycles. The fourth-order valence-electron chi connectivity index (χ4n) is 5.11. The van der Waals surface area contributed by atoms with Crippen LogP contribution in [0.4, 0.5) is 11.4 Å². The highest BCUT2D eigenvalue weighted by Crippen LogP contribution is 2.30. The van der Waals surface area contributed by atoms with E-state index in [9.17, 15) is 9.59 Å². The number of esters is 2. The van der Waals surface area contributed by atoms with Crippen molar-refractivity contribution < 1.29 is 19.1 Å². The molecule has 6 nitrogen and oxygen atoms in total. The van der Waals surface area contributed by atoms with Gasteiger partial charge in [0, 0.05) is 23.4 Å². The summed E-state index contributed by atoms with van der Waals surface area (Å²) < 4.78 is 11.3. The Morgan fingerprint density at radius 1 is 0.947 bits per heavy atom. The van der Waals surface area contributed by atoms with E-state index in [0.29, 0.717) is 16.9 Å². The van der Waals surface area contributed by atoms with Crippen molar-refractivity contribution in [2.24, 2.45) is 5.92 Å². The molecule has 1 aliphatic carbocycles. The van der Waals surface area contributed by atoms with E-state index in [4.69, 9.17) is 20.9 Å². The zero-order chi connectivity index (χ0) is 27.3. The molecular weight excluding hydrogens is 476 g/mol. The molecule has 4 N–H and O–H groups in total. The molecule has 3 rings (SSSR count). The van der Waals surface area contributed by atoms with Gasteiger partial charge in [-0.1, -0.05) is 58.1 Å². The molecule has 0 radical (unpaired) electrons. The number of ether oxygens (including phenoxy) is 2. The monoisotopic (exact) mass is 520 g/mol. The third-order valence-electron chi connectivity index (χ3n) is 7.40. The van der Waals surface area contributed by atoms with E-state index in [1.807, 2.05) is 24.3 Å². The fourth-order valence-corrected chi connectivity index (χ4v) is 5.11. The average Bonchev–Trinajstić information content (AvgIpc) is 2.91. The number of nitrogens with two attached hydrogens (primary N) is 2. The van der Waals surface area contributed by atoms with E-state index < -0.39 is 5.97 Å². The van der Waals surface area contributed by atoms with Crippen LogP contribution >= 0.6 is 0 Å². The van der Waals surface area contributed by atoms with Crippen molar-refractivity contribution in [3.63, 3.8) is 0 Å². The maximum Gasteiger partial charge on any atom is 0.338 e. The van der Waals surface area contributed by atoms with E-state index >= 15 is 0 Å². The van der Waals surface area contributed by atoms with Crippen LogP contribution < -0.4 is 11.5 Å². The molecule has 1 aliphatic rings. The van der Waals surface area contributed by atoms with Gasteiger partial charge in [-0.05, 0) is 85.6 Å². The van der Waals surface area contributed by atoms with Gasteiger partial charge < -0.3 is 20.9 Å². The molecule has 0 heterocycles. The number of hydrogen-bond acceptors (Lipinski definition) is 6. The summed E-state index contributed by atoms with van der Waals surface area (Å²) in [5.41, 5.74) is 15.5. The lowest BCUT2D eigenvalue weighted by Gasteiger charge is -2.28. The van der Waals surface area contributed by atoms with Crippen LogP contribution in [0, 0.1) is 5.92 Å². The third-order valence-corrected chi connectivity index (χ3v) is 7.40. The Bertz CT molecular complexity index is 1040. The summed E-state index contributed by atoms with van der Waals surface area (Å²) in [4.78, 5) is 25.0. The number of anilines is 2. The van der Waals surface area contributed by atoms with E-state index in [2.05, 4.69) is 13.8 Å². The minimum absolute atomic E-state index is 0.0136. The second-order valence-corrected chi connectivity index (χ2v) is 10.5. The van der Waals surface area contributed by atoms with E-state index in [-0.39, 0.29) is 24.6 Å². The highest BCUT2D eigenvalue weighted by molar-refractivity contribution is 5.90. The van der Waals surface area contributed by atoms with Crippen molar-refractivity contribution in [2.75, 3.05) is 18.1 Å². The number of hydrogen-bond donors (Lipinski definition) is 2. The summed E-state index contributed by atoms with van der Waals surface area (Å²) in [6, 6.07) is 12.6. The van der Waals surface area contributed by atoms with Crippen molar-refractivity contribution in [2.45, 2.75) is 90.1 Å². The minimum atomic E-state index is -0.415. The molecule has 2 aromatic carbocycles. The van der Waals surface area contributed by atoms with Crippen LogP contribution in [0.25, 0.3) is 6.08 Å². The summed E-state index contributed by atoms with van der Waals surface area (Å²) in [7, 11) is 0. The van der Waals surface area contributed by atoms with Crippen LogP contribution in [-0.4, -0.2) is 24.6 Å². The molecule has 38 heavy (non-hydrogen) atoms. The second-order valence-electron chi connectivity index (χ2n) is 10.5. The largest absolute Gasteiger partial charge is 0.462 e. The summed E-state index contributed by atoms with van der Waals surface area (Å²) in [5.74, 6) is 0.120.